The first kappa shape index (κ1) is 17.2. The highest BCUT2D eigenvalue weighted by atomic mass is 32.2. The Labute approximate surface area is 122 Å². The van der Waals surface area contributed by atoms with Crippen molar-refractivity contribution in [1.29, 1.82) is 0 Å². The number of nitrogens with zero attached hydrogens (tertiary/aromatic N) is 1. The Hall–Kier alpha value is -0.880. The van der Waals surface area contributed by atoms with Crippen LogP contribution in [-0.2, 0) is 14.8 Å². The zero-order valence-corrected chi connectivity index (χ0v) is 13.3. The third kappa shape index (κ3) is 6.05. The van der Waals surface area contributed by atoms with Crippen LogP contribution in [0.5, 0.6) is 0 Å². The quantitative estimate of drug-likeness (QED) is 0.548. The van der Waals surface area contributed by atoms with Crippen molar-refractivity contribution in [3.05, 3.63) is 11.6 Å². The normalized spacial score (nSPS) is 16.1. The van der Waals surface area contributed by atoms with Crippen molar-refractivity contribution in [1.82, 2.24) is 9.62 Å². The lowest BCUT2D eigenvalue weighted by molar-refractivity contribution is -0.120. The van der Waals surface area contributed by atoms with E-state index < -0.39 is 10.0 Å². The summed E-state index contributed by atoms with van der Waals surface area (Å²) in [5.74, 6) is 0.156. The van der Waals surface area contributed by atoms with Crippen LogP contribution in [0, 0.1) is 0 Å². The lowest BCUT2D eigenvalue weighted by atomic mass is 9.97. The standard InChI is InChI=1S/C14H26N2O3S/c1-3-20(18,19)16(2)11-7-10-15-14(17)12-13-8-5-4-6-9-13/h8H,3-7,9-12H2,1-2H3,(H,15,17). The number of sulfonamides is 1. The predicted molar refractivity (Wildman–Crippen MR) is 80.9 cm³/mol. The van der Waals surface area contributed by atoms with Crippen molar-refractivity contribution in [2.45, 2.75) is 45.4 Å². The molecule has 0 unspecified atom stereocenters. The molecule has 1 amide bonds. The first-order valence-corrected chi connectivity index (χ1v) is 8.95. The molecule has 0 aromatic carbocycles. The molecule has 0 aromatic rings. The van der Waals surface area contributed by atoms with Gasteiger partial charge in [-0.05, 0) is 39.0 Å². The van der Waals surface area contributed by atoms with Gasteiger partial charge in [0.05, 0.1) is 5.75 Å². The minimum Gasteiger partial charge on any atom is -0.356 e. The predicted octanol–water partition coefficient (Wildman–Crippen LogP) is 1.66. The molecule has 0 fully saturated rings. The fourth-order valence-electron chi connectivity index (χ4n) is 2.22. The third-order valence-corrected chi connectivity index (χ3v) is 5.45. The van der Waals surface area contributed by atoms with Gasteiger partial charge in [0.2, 0.25) is 15.9 Å². The highest BCUT2D eigenvalue weighted by Crippen LogP contribution is 2.19. The average molecular weight is 302 g/mol. The van der Waals surface area contributed by atoms with Gasteiger partial charge in [-0.25, -0.2) is 12.7 Å². The number of carbonyl (C=O) groups excluding carboxylic acids is 1. The van der Waals surface area contributed by atoms with E-state index in [4.69, 9.17) is 0 Å². The van der Waals surface area contributed by atoms with Crippen molar-refractivity contribution < 1.29 is 13.2 Å². The molecular weight excluding hydrogens is 276 g/mol. The van der Waals surface area contributed by atoms with Crippen LogP contribution in [0.1, 0.15) is 45.4 Å². The third-order valence-electron chi connectivity index (χ3n) is 3.58. The maximum atomic E-state index is 11.7. The molecule has 1 aliphatic rings. The molecule has 0 atom stereocenters. The van der Waals surface area contributed by atoms with E-state index >= 15 is 0 Å². The van der Waals surface area contributed by atoms with Gasteiger partial charge < -0.3 is 5.32 Å². The molecule has 0 bridgehead atoms. The molecule has 0 heterocycles. The van der Waals surface area contributed by atoms with E-state index in [0.717, 1.165) is 12.8 Å². The second kappa shape index (κ2) is 8.42. The number of carbonyl (C=O) groups is 1. The largest absolute Gasteiger partial charge is 0.356 e. The second-order valence-electron chi connectivity index (χ2n) is 5.21. The molecule has 1 rings (SSSR count). The van der Waals surface area contributed by atoms with Gasteiger partial charge >= 0.3 is 0 Å². The number of nitrogens with one attached hydrogen (secondary N) is 1. The average Bonchev–Trinajstić information content (AvgIpc) is 2.44. The molecule has 5 nitrogen and oxygen atoms in total. The maximum absolute atomic E-state index is 11.7. The second-order valence-corrected chi connectivity index (χ2v) is 7.58. The zero-order chi connectivity index (χ0) is 15.0. The van der Waals surface area contributed by atoms with Crippen LogP contribution in [-0.4, -0.2) is 44.5 Å². The molecule has 6 heteroatoms. The maximum Gasteiger partial charge on any atom is 0.224 e. The number of hydrogen-bond donors (Lipinski definition) is 1. The molecule has 0 spiro atoms. The van der Waals surface area contributed by atoms with Crippen molar-refractivity contribution in [3.8, 4) is 0 Å². The summed E-state index contributed by atoms with van der Waals surface area (Å²) in [6.07, 6.45) is 7.82. The number of hydrogen-bond acceptors (Lipinski definition) is 3. The van der Waals surface area contributed by atoms with Crippen LogP contribution < -0.4 is 5.32 Å². The number of allylic oxidation sites excluding steroid dienone is 1. The number of rotatable bonds is 8. The van der Waals surface area contributed by atoms with E-state index in [9.17, 15) is 13.2 Å². The van der Waals surface area contributed by atoms with Crippen molar-refractivity contribution >= 4 is 15.9 Å². The van der Waals surface area contributed by atoms with Crippen LogP contribution in [0.4, 0.5) is 0 Å². The Bertz CT molecular complexity index is 443. The lowest BCUT2D eigenvalue weighted by Crippen LogP contribution is -2.32. The summed E-state index contributed by atoms with van der Waals surface area (Å²) in [7, 11) is -1.53. The van der Waals surface area contributed by atoms with Gasteiger partial charge in [-0.2, -0.15) is 0 Å². The topological polar surface area (TPSA) is 66.5 Å². The minimum absolute atomic E-state index is 0.0409. The van der Waals surface area contributed by atoms with Crippen LogP contribution in [0.25, 0.3) is 0 Å². The monoisotopic (exact) mass is 302 g/mol. The molecule has 20 heavy (non-hydrogen) atoms. The first-order chi connectivity index (χ1) is 9.45. The van der Waals surface area contributed by atoms with E-state index in [-0.39, 0.29) is 11.7 Å². The summed E-state index contributed by atoms with van der Waals surface area (Å²) < 4.78 is 24.4. The smallest absolute Gasteiger partial charge is 0.224 e. The van der Waals surface area contributed by atoms with Crippen LogP contribution in [0.15, 0.2) is 11.6 Å². The van der Waals surface area contributed by atoms with Gasteiger partial charge in [-0.1, -0.05) is 11.6 Å². The fourth-order valence-corrected chi connectivity index (χ4v) is 3.07. The minimum atomic E-state index is -3.11. The molecule has 1 N–H and O–H groups in total. The molecule has 1 aliphatic carbocycles. The summed E-state index contributed by atoms with van der Waals surface area (Å²) in [5.41, 5.74) is 1.24. The van der Waals surface area contributed by atoms with E-state index in [0.29, 0.717) is 25.9 Å². The summed E-state index contributed by atoms with van der Waals surface area (Å²) in [4.78, 5) is 11.7. The Morgan fingerprint density at radius 2 is 2.15 bits per heavy atom. The van der Waals surface area contributed by atoms with E-state index in [1.54, 1.807) is 14.0 Å². The summed E-state index contributed by atoms with van der Waals surface area (Å²) in [6.45, 7) is 2.60. The Balaban J connectivity index is 2.17. The SMILES string of the molecule is CCS(=O)(=O)N(C)CCCNC(=O)CC1=CCCCC1. The summed E-state index contributed by atoms with van der Waals surface area (Å²) in [5, 5.41) is 2.85. The number of amides is 1. The molecule has 0 aromatic heterocycles. The summed E-state index contributed by atoms with van der Waals surface area (Å²) >= 11 is 0. The molecule has 0 radical (unpaired) electrons. The zero-order valence-electron chi connectivity index (χ0n) is 12.5. The highest BCUT2D eigenvalue weighted by molar-refractivity contribution is 7.89. The van der Waals surface area contributed by atoms with Gasteiger partial charge in [0.15, 0.2) is 0 Å². The Morgan fingerprint density at radius 3 is 2.75 bits per heavy atom. The van der Waals surface area contributed by atoms with Crippen molar-refractivity contribution in [2.24, 2.45) is 0 Å². The fraction of sp³-hybridized carbons (Fsp3) is 0.786. The highest BCUT2D eigenvalue weighted by Gasteiger charge is 2.14. The van der Waals surface area contributed by atoms with Crippen LogP contribution in [0.2, 0.25) is 0 Å². The molecule has 0 aliphatic heterocycles. The molecule has 0 saturated heterocycles. The van der Waals surface area contributed by atoms with Crippen LogP contribution in [0.3, 0.4) is 0 Å². The first-order valence-electron chi connectivity index (χ1n) is 7.34. The van der Waals surface area contributed by atoms with Crippen LogP contribution >= 0.6 is 0 Å². The Morgan fingerprint density at radius 1 is 1.40 bits per heavy atom. The Kier molecular flexibility index (Phi) is 7.23. The van der Waals surface area contributed by atoms with Crippen molar-refractivity contribution in [2.75, 3.05) is 25.9 Å². The van der Waals surface area contributed by atoms with Gasteiger partial charge in [0.25, 0.3) is 0 Å². The summed E-state index contributed by atoms with van der Waals surface area (Å²) in [6, 6.07) is 0. The molecule has 116 valence electrons. The van der Waals surface area contributed by atoms with Gasteiger partial charge in [0, 0.05) is 26.6 Å². The molecular formula is C14H26N2O3S. The van der Waals surface area contributed by atoms with Crippen molar-refractivity contribution in [3.63, 3.8) is 0 Å². The van der Waals surface area contributed by atoms with E-state index in [2.05, 4.69) is 11.4 Å². The van der Waals surface area contributed by atoms with Gasteiger partial charge in [0.1, 0.15) is 0 Å². The van der Waals surface area contributed by atoms with E-state index in [1.807, 2.05) is 0 Å². The van der Waals surface area contributed by atoms with Gasteiger partial charge in [-0.3, -0.25) is 4.79 Å². The lowest BCUT2D eigenvalue weighted by Gasteiger charge is -2.16. The van der Waals surface area contributed by atoms with Gasteiger partial charge in [-0.15, -0.1) is 0 Å². The molecule has 0 saturated carbocycles. The van der Waals surface area contributed by atoms with E-state index in [1.165, 1.54) is 22.7 Å².